The molecule has 0 spiro atoms. The van der Waals surface area contributed by atoms with Crippen LogP contribution in [0.5, 0.6) is 0 Å². The van der Waals surface area contributed by atoms with Gasteiger partial charge in [0.1, 0.15) is 16.2 Å². The van der Waals surface area contributed by atoms with Crippen LogP contribution < -0.4 is 11.2 Å². The summed E-state index contributed by atoms with van der Waals surface area (Å²) in [6, 6.07) is 17.4. The zero-order chi connectivity index (χ0) is 24.6. The van der Waals surface area contributed by atoms with E-state index in [9.17, 15) is 14.4 Å². The quantitative estimate of drug-likeness (QED) is 0.247. The first-order chi connectivity index (χ1) is 16.1. The van der Waals surface area contributed by atoms with Gasteiger partial charge in [-0.1, -0.05) is 87.1 Å². The molecule has 8 heteroatoms. The number of rotatable bonds is 5. The van der Waals surface area contributed by atoms with Crippen LogP contribution in [-0.4, -0.2) is 30.6 Å². The maximum Gasteiger partial charge on any atom is 0.332 e. The third-order valence-corrected chi connectivity index (χ3v) is 6.57. The summed E-state index contributed by atoms with van der Waals surface area (Å²) >= 11 is 1.19. The van der Waals surface area contributed by atoms with Gasteiger partial charge in [0.25, 0.3) is 5.56 Å². The van der Waals surface area contributed by atoms with Gasteiger partial charge in [0.2, 0.25) is 0 Å². The largest absolute Gasteiger partial charge is 0.332 e. The first kappa shape index (κ1) is 23.6. The summed E-state index contributed by atoms with van der Waals surface area (Å²) in [4.78, 5) is 47.5. The van der Waals surface area contributed by atoms with Gasteiger partial charge in [-0.25, -0.2) is 14.8 Å². The summed E-state index contributed by atoms with van der Waals surface area (Å²) in [6.45, 7) is 5.88. The molecule has 0 bridgehead atoms. The van der Waals surface area contributed by atoms with Gasteiger partial charge >= 0.3 is 5.69 Å². The molecule has 0 saturated heterocycles. The smallest absolute Gasteiger partial charge is 0.293 e. The summed E-state index contributed by atoms with van der Waals surface area (Å²) in [5, 5.41) is 0.648. The third-order valence-electron chi connectivity index (χ3n) is 5.59. The number of aryl methyl sites for hydroxylation is 1. The lowest BCUT2D eigenvalue weighted by molar-refractivity contribution is 0.102. The Hall–Kier alpha value is -3.52. The molecule has 2 heterocycles. The first-order valence-corrected chi connectivity index (χ1v) is 11.9. The molecule has 4 rings (SSSR count). The Morgan fingerprint density at radius 1 is 0.882 bits per heavy atom. The van der Waals surface area contributed by atoms with Crippen LogP contribution in [0.15, 0.2) is 69.2 Å². The zero-order valence-electron chi connectivity index (χ0n) is 19.8. The molecule has 0 aliphatic heterocycles. The van der Waals surface area contributed by atoms with Crippen molar-refractivity contribution in [1.82, 2.24) is 19.1 Å². The highest BCUT2D eigenvalue weighted by atomic mass is 32.2. The van der Waals surface area contributed by atoms with Crippen molar-refractivity contribution in [3.8, 4) is 11.1 Å². The molecule has 174 valence electrons. The van der Waals surface area contributed by atoms with E-state index < -0.39 is 16.7 Å². The fraction of sp³-hybridized carbons (Fsp3) is 0.269. The van der Waals surface area contributed by atoms with Crippen LogP contribution in [-0.2, 0) is 19.5 Å². The van der Waals surface area contributed by atoms with E-state index in [-0.39, 0.29) is 22.6 Å². The van der Waals surface area contributed by atoms with E-state index in [1.807, 2.05) is 75.4 Å². The van der Waals surface area contributed by atoms with Crippen molar-refractivity contribution >= 4 is 28.6 Å². The minimum atomic E-state index is -0.472. The Morgan fingerprint density at radius 3 is 2.12 bits per heavy atom. The van der Waals surface area contributed by atoms with Crippen LogP contribution >= 0.6 is 11.8 Å². The van der Waals surface area contributed by atoms with Crippen molar-refractivity contribution in [3.63, 3.8) is 0 Å². The molecule has 0 unspecified atom stereocenters. The average molecular weight is 475 g/mol. The van der Waals surface area contributed by atoms with E-state index in [1.54, 1.807) is 7.05 Å². The Morgan fingerprint density at radius 2 is 1.50 bits per heavy atom. The van der Waals surface area contributed by atoms with Crippen molar-refractivity contribution in [2.24, 2.45) is 14.1 Å². The normalized spacial score (nSPS) is 11.7. The maximum atomic E-state index is 13.0. The molecule has 0 fully saturated rings. The number of carbonyl (C=O) groups is 1. The molecular weight excluding hydrogens is 448 g/mol. The second-order valence-corrected chi connectivity index (χ2v) is 10.1. The van der Waals surface area contributed by atoms with E-state index in [0.29, 0.717) is 16.4 Å². The van der Waals surface area contributed by atoms with Crippen molar-refractivity contribution in [2.45, 2.75) is 31.2 Å². The van der Waals surface area contributed by atoms with Gasteiger partial charge in [0.05, 0.1) is 5.75 Å². The van der Waals surface area contributed by atoms with Gasteiger partial charge in [0.15, 0.2) is 11.4 Å². The predicted octanol–water partition coefficient (Wildman–Crippen LogP) is 3.97. The standard InChI is InChI=1S/C26H26N4O3S/c1-26(2,3)24-27-21-20(23(32)30(5)25(33)29(21)4)22(28-24)34-15-19(31)18-13-11-17(12-14-18)16-9-7-6-8-10-16/h6-14H,15H2,1-5H3. The van der Waals surface area contributed by atoms with Gasteiger partial charge in [-0.05, 0) is 11.1 Å². The Balaban J connectivity index is 1.68. The molecule has 0 radical (unpaired) electrons. The SMILES string of the molecule is Cn1c(=O)c2c(SCC(=O)c3ccc(-c4ccccc4)cc3)nc(C(C)(C)C)nc2n(C)c1=O. The van der Waals surface area contributed by atoms with E-state index in [0.717, 1.165) is 15.7 Å². The predicted molar refractivity (Wildman–Crippen MR) is 136 cm³/mol. The number of ketones is 1. The average Bonchev–Trinajstić information content (AvgIpc) is 2.84. The van der Waals surface area contributed by atoms with Gasteiger partial charge in [0, 0.05) is 25.1 Å². The van der Waals surface area contributed by atoms with Gasteiger partial charge in [-0.2, -0.15) is 0 Å². The van der Waals surface area contributed by atoms with Crippen molar-refractivity contribution in [1.29, 1.82) is 0 Å². The first-order valence-electron chi connectivity index (χ1n) is 10.9. The van der Waals surface area contributed by atoms with Crippen LogP contribution in [0, 0.1) is 0 Å². The number of benzene rings is 2. The molecule has 0 atom stereocenters. The number of carbonyl (C=O) groups excluding carboxylic acids is 1. The van der Waals surface area contributed by atoms with Crippen LogP contribution in [0.3, 0.4) is 0 Å². The topological polar surface area (TPSA) is 86.8 Å². The molecule has 2 aromatic carbocycles. The molecule has 0 aliphatic rings. The van der Waals surface area contributed by atoms with Crippen LogP contribution in [0.25, 0.3) is 22.2 Å². The highest BCUT2D eigenvalue weighted by Crippen LogP contribution is 2.28. The number of thioether (sulfide) groups is 1. The molecule has 34 heavy (non-hydrogen) atoms. The molecular formula is C26H26N4O3S. The molecule has 0 saturated carbocycles. The van der Waals surface area contributed by atoms with Crippen molar-refractivity contribution < 1.29 is 4.79 Å². The number of hydrogen-bond donors (Lipinski definition) is 0. The van der Waals surface area contributed by atoms with E-state index in [1.165, 1.54) is 23.4 Å². The summed E-state index contributed by atoms with van der Waals surface area (Å²) in [6.07, 6.45) is 0. The summed E-state index contributed by atoms with van der Waals surface area (Å²) in [5.74, 6) is 0.535. The Labute approximate surface area is 201 Å². The van der Waals surface area contributed by atoms with E-state index in [2.05, 4.69) is 9.97 Å². The third kappa shape index (κ3) is 4.46. The molecule has 7 nitrogen and oxygen atoms in total. The number of aromatic nitrogens is 4. The zero-order valence-corrected chi connectivity index (χ0v) is 20.6. The fourth-order valence-corrected chi connectivity index (χ4v) is 4.47. The molecule has 0 amide bonds. The van der Waals surface area contributed by atoms with Crippen molar-refractivity contribution in [3.05, 3.63) is 86.8 Å². The second-order valence-electron chi connectivity index (χ2n) is 9.16. The van der Waals surface area contributed by atoms with Gasteiger partial charge in [-0.3, -0.25) is 18.7 Å². The molecule has 2 aromatic heterocycles. The lowest BCUT2D eigenvalue weighted by Gasteiger charge is -2.19. The van der Waals surface area contributed by atoms with Crippen molar-refractivity contribution in [2.75, 3.05) is 5.75 Å². The molecule has 0 N–H and O–H groups in total. The lowest BCUT2D eigenvalue weighted by Crippen LogP contribution is -2.38. The highest BCUT2D eigenvalue weighted by molar-refractivity contribution is 8.00. The highest BCUT2D eigenvalue weighted by Gasteiger charge is 2.24. The summed E-state index contributed by atoms with van der Waals surface area (Å²) in [7, 11) is 3.01. The molecule has 0 aliphatic carbocycles. The minimum Gasteiger partial charge on any atom is -0.293 e. The lowest BCUT2D eigenvalue weighted by atomic mass is 9.96. The second kappa shape index (κ2) is 9.02. The number of nitrogens with zero attached hydrogens (tertiary/aromatic N) is 4. The number of Topliss-reactive ketones (excluding diaryl/α,β-unsaturated/α-hetero) is 1. The van der Waals surface area contributed by atoms with E-state index >= 15 is 0 Å². The Bertz CT molecular complexity index is 1500. The summed E-state index contributed by atoms with van der Waals surface area (Å²) < 4.78 is 2.39. The van der Waals surface area contributed by atoms with Crippen LogP contribution in [0.4, 0.5) is 0 Å². The van der Waals surface area contributed by atoms with Gasteiger partial charge < -0.3 is 0 Å². The minimum absolute atomic E-state index is 0.0738. The fourth-order valence-electron chi connectivity index (χ4n) is 3.57. The molecule has 4 aromatic rings. The number of fused-ring (bicyclic) bond motifs is 1. The monoisotopic (exact) mass is 474 g/mol. The van der Waals surface area contributed by atoms with Gasteiger partial charge in [-0.15, -0.1) is 0 Å². The number of hydrogen-bond acceptors (Lipinski definition) is 6. The van der Waals surface area contributed by atoms with Crippen LogP contribution in [0.1, 0.15) is 37.0 Å². The maximum absolute atomic E-state index is 13.0. The summed E-state index contributed by atoms with van der Waals surface area (Å²) in [5.41, 5.74) is 1.64. The van der Waals surface area contributed by atoms with Crippen LogP contribution in [0.2, 0.25) is 0 Å². The van der Waals surface area contributed by atoms with E-state index in [4.69, 9.17) is 0 Å². The Kier molecular flexibility index (Phi) is 6.27.